The van der Waals surface area contributed by atoms with Gasteiger partial charge in [-0.3, -0.25) is 9.55 Å². The van der Waals surface area contributed by atoms with E-state index in [2.05, 4.69) is 121 Å². The molecule has 2 heterocycles. The first kappa shape index (κ1) is 33.3. The Balaban J connectivity index is 1.48. The van der Waals surface area contributed by atoms with Crippen molar-refractivity contribution in [1.29, 1.82) is 0 Å². The van der Waals surface area contributed by atoms with Crippen LogP contribution in [0.2, 0.25) is 0 Å². The number of imidazole rings is 1. The summed E-state index contributed by atoms with van der Waals surface area (Å²) in [6.45, 7) is 24.9. The molecule has 0 saturated heterocycles. The van der Waals surface area contributed by atoms with Crippen LogP contribution in [0.25, 0.3) is 72.7 Å². The Labute approximate surface area is 388 Å². The van der Waals surface area contributed by atoms with Gasteiger partial charge in [0.15, 0.2) is 0 Å². The Morgan fingerprint density at radius 3 is 1.94 bits per heavy atom. The lowest BCUT2D eigenvalue weighted by atomic mass is 9.83. The minimum absolute atomic E-state index is 0.00486. The van der Waals surface area contributed by atoms with E-state index >= 15 is 0 Å². The Morgan fingerprint density at radius 1 is 0.603 bits per heavy atom. The molecule has 4 nitrogen and oxygen atoms in total. The third-order valence-corrected chi connectivity index (χ3v) is 12.0. The number of para-hydroxylation sites is 1. The van der Waals surface area contributed by atoms with E-state index in [1.54, 1.807) is 0 Å². The summed E-state index contributed by atoms with van der Waals surface area (Å²) in [5.41, 5.74) is 10.0. The second kappa shape index (κ2) is 16.8. The molecule has 4 heteroatoms. The van der Waals surface area contributed by atoms with Crippen molar-refractivity contribution in [3.63, 3.8) is 0 Å². The molecule has 0 unspecified atom stereocenters. The first-order valence-corrected chi connectivity index (χ1v) is 21.9. The van der Waals surface area contributed by atoms with E-state index in [4.69, 9.17) is 16.0 Å². The van der Waals surface area contributed by atoms with Crippen LogP contribution in [-0.4, -0.2) is 19.6 Å². The molecule has 6 aromatic carbocycles. The quantitative estimate of drug-likeness (QED) is 0.158. The zero-order valence-electron chi connectivity index (χ0n) is 47.6. The number of benzene rings is 6. The van der Waals surface area contributed by atoms with Gasteiger partial charge in [-0.1, -0.05) is 168 Å². The number of pyridine rings is 1. The van der Waals surface area contributed by atoms with Crippen LogP contribution in [0.5, 0.6) is 5.75 Å². The van der Waals surface area contributed by atoms with Gasteiger partial charge >= 0.3 is 0 Å². The average molecular weight is 839 g/mol. The van der Waals surface area contributed by atoms with E-state index < -0.39 is 53.7 Å². The number of fused-ring (bicyclic) bond motifs is 1. The van der Waals surface area contributed by atoms with Crippen LogP contribution in [0.15, 0.2) is 139 Å². The van der Waals surface area contributed by atoms with E-state index in [0.717, 1.165) is 50.1 Å². The summed E-state index contributed by atoms with van der Waals surface area (Å²) in [5, 5.41) is 12.4. The van der Waals surface area contributed by atoms with Gasteiger partial charge in [-0.2, -0.15) is 0 Å². The zero-order valence-corrected chi connectivity index (χ0v) is 38.6. The third kappa shape index (κ3) is 8.61. The monoisotopic (exact) mass is 839 g/mol. The lowest BCUT2D eigenvalue weighted by Crippen LogP contribution is -2.11. The predicted octanol–water partition coefficient (Wildman–Crippen LogP) is 16.4. The molecule has 0 fully saturated rings. The number of phenolic OH excluding ortho intramolecular Hbond substituents is 1. The second-order valence-electron chi connectivity index (χ2n) is 19.6. The number of nitrogens with zero attached hydrogens (tertiary/aromatic N) is 3. The maximum Gasteiger partial charge on any atom is 0.149 e. The van der Waals surface area contributed by atoms with Crippen molar-refractivity contribution >= 4 is 11.0 Å². The molecule has 0 aliphatic heterocycles. The Bertz CT molecular complexity index is 3430. The van der Waals surface area contributed by atoms with E-state index in [1.165, 1.54) is 5.56 Å². The van der Waals surface area contributed by atoms with E-state index in [0.29, 0.717) is 28.0 Å². The zero-order chi connectivity index (χ0) is 52.8. The summed E-state index contributed by atoms with van der Waals surface area (Å²) >= 11 is 0. The highest BCUT2D eigenvalue weighted by Gasteiger charge is 2.26. The first-order valence-electron chi connectivity index (χ1n) is 26.4. The number of aromatic hydroxyl groups is 1. The van der Waals surface area contributed by atoms with Crippen molar-refractivity contribution in [2.45, 2.75) is 112 Å². The Morgan fingerprint density at radius 2 is 1.29 bits per heavy atom. The largest absolute Gasteiger partial charge is 0.507 e. The van der Waals surface area contributed by atoms with Gasteiger partial charge in [-0.25, -0.2) is 4.98 Å². The SMILES string of the molecule is [2H]c1nc(-c2cc(-c3cccc4c3nc(-c3cc(C(C)C)cc(C(C)C)c3O)n4-c3ccc(C([2H])(C)C)cc3-c3ccc(C(C)(C)C)cc3)cc(C(C)(C)C)c2)c([2H])c(-c2c([2H])c([2H])c([2H])c([2H])c2[2H])c1[2H]. The fraction of sp³-hybridized carbons (Fsp3) is 0.288. The maximum absolute atomic E-state index is 12.4. The van der Waals surface area contributed by atoms with Gasteiger partial charge < -0.3 is 5.11 Å². The van der Waals surface area contributed by atoms with Crippen LogP contribution >= 0.6 is 0 Å². The molecular weight excluding hydrogens is 767 g/mol. The molecule has 8 aromatic rings. The number of rotatable bonds is 9. The molecule has 0 bridgehead atoms. The minimum atomic E-state index is -0.914. The molecule has 1 N–H and O–H groups in total. The van der Waals surface area contributed by atoms with E-state index in [1.807, 2.05) is 62.4 Å². The molecule has 0 aliphatic rings. The Kier molecular flexibility index (Phi) is 8.88. The van der Waals surface area contributed by atoms with Gasteiger partial charge in [0.1, 0.15) is 11.6 Å². The van der Waals surface area contributed by atoms with Crippen molar-refractivity contribution in [3.8, 4) is 67.5 Å². The van der Waals surface area contributed by atoms with E-state index in [9.17, 15) is 6.48 Å². The molecule has 0 spiro atoms. The van der Waals surface area contributed by atoms with Crippen LogP contribution in [0, 0.1) is 0 Å². The van der Waals surface area contributed by atoms with E-state index in [-0.39, 0.29) is 45.9 Å². The number of hydrogen-bond acceptors (Lipinski definition) is 3. The third-order valence-electron chi connectivity index (χ3n) is 12.0. The number of phenols is 1. The normalized spacial score (nSPS) is 14.5. The molecule has 0 atom stereocenters. The molecular formula is C59H63N3O. The van der Waals surface area contributed by atoms with Crippen LogP contribution in [0.3, 0.4) is 0 Å². The molecule has 8 rings (SSSR count). The molecule has 0 amide bonds. The van der Waals surface area contributed by atoms with Gasteiger partial charge in [-0.15, -0.1) is 0 Å². The number of aromatic nitrogens is 3. The second-order valence-corrected chi connectivity index (χ2v) is 19.6. The van der Waals surface area contributed by atoms with Crippen LogP contribution in [-0.2, 0) is 10.8 Å². The lowest BCUT2D eigenvalue weighted by Gasteiger charge is -2.22. The summed E-state index contributed by atoms with van der Waals surface area (Å²) < 4.78 is 81.0. The summed E-state index contributed by atoms with van der Waals surface area (Å²) in [7, 11) is 0. The first-order chi connectivity index (χ1) is 33.5. The summed E-state index contributed by atoms with van der Waals surface area (Å²) in [6, 6.07) is 26.7. The molecule has 0 radical (unpaired) electrons. The topological polar surface area (TPSA) is 50.9 Å². The predicted molar refractivity (Wildman–Crippen MR) is 267 cm³/mol. The highest BCUT2D eigenvalue weighted by molar-refractivity contribution is 5.98. The van der Waals surface area contributed by atoms with Gasteiger partial charge in [0, 0.05) is 24.2 Å². The summed E-state index contributed by atoms with van der Waals surface area (Å²) in [4.78, 5) is 10.0. The summed E-state index contributed by atoms with van der Waals surface area (Å²) in [6.07, 6.45) is -0.510. The fourth-order valence-corrected chi connectivity index (χ4v) is 8.11. The van der Waals surface area contributed by atoms with Gasteiger partial charge in [0.05, 0.1) is 38.9 Å². The van der Waals surface area contributed by atoms with Crippen molar-refractivity contribution in [2.24, 2.45) is 0 Å². The minimum Gasteiger partial charge on any atom is -0.507 e. The molecule has 0 saturated carbocycles. The van der Waals surface area contributed by atoms with Crippen molar-refractivity contribution in [3.05, 3.63) is 167 Å². The molecule has 0 aliphatic carbocycles. The maximum atomic E-state index is 12.4. The number of hydrogen-bond donors (Lipinski definition) is 1. The van der Waals surface area contributed by atoms with Gasteiger partial charge in [0.25, 0.3) is 0 Å². The molecule has 320 valence electrons. The fourth-order valence-electron chi connectivity index (χ4n) is 8.11. The molecule has 2 aromatic heterocycles. The smallest absolute Gasteiger partial charge is 0.149 e. The highest BCUT2D eigenvalue weighted by atomic mass is 16.3. The standard InChI is InChI=1S/C59H63N3O/c1-36(2)41-23-26-53(50(32-41)40-21-24-46(25-22-40)58(7,8)9)62-54-20-16-19-48(55(54)61-57(62)51-34-43(37(3)4)33-49(38(5)6)56(51)63)44-29-45(31-47(30-44)59(10,11)12)52-35-42(27-28-60-52)39-17-14-13-15-18-39/h13-38,63H,1-12H3/i13D,14D,15D,17D,18D,27D,28D,35D,36D. The van der Waals surface area contributed by atoms with Crippen LogP contribution in [0.4, 0.5) is 0 Å². The van der Waals surface area contributed by atoms with Crippen molar-refractivity contribution < 1.29 is 17.4 Å². The molecule has 63 heavy (non-hydrogen) atoms. The lowest BCUT2D eigenvalue weighted by molar-refractivity contribution is 0.466. The van der Waals surface area contributed by atoms with Crippen LogP contribution in [0.1, 0.15) is 141 Å². The van der Waals surface area contributed by atoms with Gasteiger partial charge in [0.2, 0.25) is 0 Å². The van der Waals surface area contributed by atoms with Crippen molar-refractivity contribution in [2.75, 3.05) is 0 Å². The summed E-state index contributed by atoms with van der Waals surface area (Å²) in [5.74, 6) is -0.135. The highest BCUT2D eigenvalue weighted by Crippen LogP contribution is 2.45. The average Bonchev–Trinajstić information content (AvgIpc) is 3.70. The Hall–Kier alpha value is -6.26. The van der Waals surface area contributed by atoms with Crippen LogP contribution < -0.4 is 0 Å². The van der Waals surface area contributed by atoms with Gasteiger partial charge in [-0.05, 0) is 127 Å². The van der Waals surface area contributed by atoms with Crippen molar-refractivity contribution in [1.82, 2.24) is 14.5 Å².